The minimum absolute atomic E-state index is 0.209. The monoisotopic (exact) mass is 448 g/mol. The molecule has 3 aliphatic heterocycles. The van der Waals surface area contributed by atoms with Gasteiger partial charge in [0.05, 0.1) is 16.1 Å². The van der Waals surface area contributed by atoms with E-state index < -0.39 is 0 Å². The van der Waals surface area contributed by atoms with E-state index in [2.05, 4.69) is 65.6 Å². The summed E-state index contributed by atoms with van der Waals surface area (Å²) in [6.45, 7) is 2.29. The van der Waals surface area contributed by atoms with Crippen LogP contribution in [0.4, 0.5) is 0 Å². The van der Waals surface area contributed by atoms with Crippen LogP contribution in [0.1, 0.15) is 35.4 Å². The van der Waals surface area contributed by atoms with Crippen molar-refractivity contribution in [2.75, 3.05) is 13.1 Å². The van der Waals surface area contributed by atoms with Gasteiger partial charge in [0, 0.05) is 23.7 Å². The summed E-state index contributed by atoms with van der Waals surface area (Å²) in [6, 6.07) is 27.9. The average Bonchev–Trinajstić information content (AvgIpc) is 2.82. The molecule has 3 aromatic rings. The highest BCUT2D eigenvalue weighted by Gasteiger charge is 2.46. The molecule has 2 atom stereocenters. The van der Waals surface area contributed by atoms with Gasteiger partial charge in [-0.15, -0.1) is 0 Å². The molecule has 4 heteroatoms. The van der Waals surface area contributed by atoms with Crippen LogP contribution >= 0.6 is 23.2 Å². The van der Waals surface area contributed by atoms with Gasteiger partial charge in [-0.1, -0.05) is 89.9 Å². The van der Waals surface area contributed by atoms with Crippen molar-refractivity contribution >= 4 is 29.4 Å². The maximum atomic E-state index is 6.43. The SMILES string of the molecule is Clc1cccc(Cl)c1C=NC1C(C(c2ccccc2)c2ccccc2)[N@]2CC[C@H]1CC2. The second-order valence-corrected chi connectivity index (χ2v) is 9.38. The van der Waals surface area contributed by atoms with Gasteiger partial charge in [-0.05, 0) is 55.1 Å². The third kappa shape index (κ3) is 4.17. The number of halogens is 2. The summed E-state index contributed by atoms with van der Waals surface area (Å²) in [5.74, 6) is 0.858. The van der Waals surface area contributed by atoms with E-state index >= 15 is 0 Å². The summed E-state index contributed by atoms with van der Waals surface area (Å²) in [5.41, 5.74) is 3.52. The number of rotatable bonds is 5. The van der Waals surface area contributed by atoms with E-state index in [1.807, 2.05) is 24.4 Å². The molecule has 0 aliphatic carbocycles. The van der Waals surface area contributed by atoms with Gasteiger partial charge < -0.3 is 0 Å². The van der Waals surface area contributed by atoms with Crippen LogP contribution in [0.15, 0.2) is 83.9 Å². The molecule has 3 saturated heterocycles. The highest BCUT2D eigenvalue weighted by Crippen LogP contribution is 2.43. The molecule has 0 radical (unpaired) electrons. The maximum absolute atomic E-state index is 6.43. The topological polar surface area (TPSA) is 15.6 Å². The van der Waals surface area contributed by atoms with Gasteiger partial charge in [0.15, 0.2) is 0 Å². The molecule has 2 nitrogen and oxygen atoms in total. The Morgan fingerprint density at radius 3 is 1.87 bits per heavy atom. The lowest BCUT2D eigenvalue weighted by Gasteiger charge is -2.52. The molecule has 158 valence electrons. The molecule has 31 heavy (non-hydrogen) atoms. The number of nitrogens with zero attached hydrogens (tertiary/aromatic N) is 2. The van der Waals surface area contributed by atoms with Crippen LogP contribution < -0.4 is 0 Å². The lowest BCUT2D eigenvalue weighted by atomic mass is 9.71. The van der Waals surface area contributed by atoms with Crippen LogP contribution in [-0.2, 0) is 0 Å². The summed E-state index contributed by atoms with van der Waals surface area (Å²) in [6.07, 6.45) is 4.31. The van der Waals surface area contributed by atoms with Crippen LogP contribution in [0.5, 0.6) is 0 Å². The zero-order chi connectivity index (χ0) is 21.2. The van der Waals surface area contributed by atoms with E-state index in [1.54, 1.807) is 0 Å². The molecule has 3 aromatic carbocycles. The molecule has 0 N–H and O–H groups in total. The smallest absolute Gasteiger partial charge is 0.0693 e. The van der Waals surface area contributed by atoms with E-state index in [9.17, 15) is 0 Å². The number of hydrogen-bond donors (Lipinski definition) is 0. The Hall–Kier alpha value is -2.13. The standard InChI is InChI=1S/C27H26Cl2N2/c28-23-12-7-13-24(29)22(23)18-30-26-21-14-16-31(17-15-21)27(26)25(19-8-3-1-4-9-19)20-10-5-2-6-11-20/h1-13,18,21,25-27H,14-17H2. The van der Waals surface area contributed by atoms with Crippen molar-refractivity contribution in [3.05, 3.63) is 106 Å². The van der Waals surface area contributed by atoms with E-state index in [0.717, 1.165) is 18.7 Å². The highest BCUT2D eigenvalue weighted by atomic mass is 35.5. The number of piperidine rings is 3. The average molecular weight is 449 g/mol. The third-order valence-corrected chi connectivity index (χ3v) is 7.52. The molecule has 2 unspecified atom stereocenters. The first-order chi connectivity index (χ1) is 15.2. The highest BCUT2D eigenvalue weighted by molar-refractivity contribution is 6.38. The van der Waals surface area contributed by atoms with Crippen molar-refractivity contribution in [2.24, 2.45) is 10.9 Å². The molecule has 0 spiro atoms. The Morgan fingerprint density at radius 1 is 0.774 bits per heavy atom. The first-order valence-electron chi connectivity index (χ1n) is 11.0. The van der Waals surface area contributed by atoms with Crippen LogP contribution in [0.2, 0.25) is 10.0 Å². The normalized spacial score (nSPS) is 25.4. The summed E-state index contributed by atoms with van der Waals surface area (Å²) < 4.78 is 0. The van der Waals surface area contributed by atoms with E-state index in [4.69, 9.17) is 28.2 Å². The Kier molecular flexibility index (Phi) is 6.13. The van der Waals surface area contributed by atoms with Crippen molar-refractivity contribution in [1.29, 1.82) is 0 Å². The van der Waals surface area contributed by atoms with Crippen LogP contribution in [-0.4, -0.2) is 36.3 Å². The lowest BCUT2D eigenvalue weighted by Crippen LogP contribution is -2.59. The molecule has 6 rings (SSSR count). The second kappa shape index (κ2) is 9.16. The molecular formula is C27H26Cl2N2. The fourth-order valence-corrected chi connectivity index (χ4v) is 5.87. The number of benzene rings is 3. The Bertz CT molecular complexity index is 984. The van der Waals surface area contributed by atoms with E-state index in [1.165, 1.54) is 24.0 Å². The lowest BCUT2D eigenvalue weighted by molar-refractivity contribution is 0.0215. The number of hydrogen-bond acceptors (Lipinski definition) is 2. The Balaban J connectivity index is 1.58. The van der Waals surface area contributed by atoms with E-state index in [0.29, 0.717) is 22.0 Å². The van der Waals surface area contributed by atoms with Gasteiger partial charge in [0.1, 0.15) is 0 Å². The van der Waals surface area contributed by atoms with Gasteiger partial charge >= 0.3 is 0 Å². The summed E-state index contributed by atoms with van der Waals surface area (Å²) in [4.78, 5) is 7.83. The van der Waals surface area contributed by atoms with Crippen molar-refractivity contribution in [3.8, 4) is 0 Å². The minimum Gasteiger partial charge on any atom is -0.297 e. The molecule has 3 fully saturated rings. The largest absolute Gasteiger partial charge is 0.297 e. The molecule has 0 aromatic heterocycles. The molecule has 2 bridgehead atoms. The maximum Gasteiger partial charge on any atom is 0.0693 e. The van der Waals surface area contributed by atoms with Gasteiger partial charge in [0.2, 0.25) is 0 Å². The fourth-order valence-electron chi connectivity index (χ4n) is 5.37. The Labute approximate surface area is 194 Å². The van der Waals surface area contributed by atoms with Crippen LogP contribution in [0, 0.1) is 5.92 Å². The predicted octanol–water partition coefficient (Wildman–Crippen LogP) is 6.71. The second-order valence-electron chi connectivity index (χ2n) is 8.57. The van der Waals surface area contributed by atoms with Crippen molar-refractivity contribution < 1.29 is 0 Å². The number of aliphatic imine (C=N–C) groups is 1. The van der Waals surface area contributed by atoms with Crippen LogP contribution in [0.3, 0.4) is 0 Å². The van der Waals surface area contributed by atoms with Crippen molar-refractivity contribution in [2.45, 2.75) is 30.8 Å². The van der Waals surface area contributed by atoms with E-state index in [-0.39, 0.29) is 12.0 Å². The third-order valence-electron chi connectivity index (χ3n) is 6.86. The van der Waals surface area contributed by atoms with Gasteiger partial charge in [-0.2, -0.15) is 0 Å². The van der Waals surface area contributed by atoms with Crippen molar-refractivity contribution in [1.82, 2.24) is 4.90 Å². The summed E-state index contributed by atoms with van der Waals surface area (Å²) in [7, 11) is 0. The Morgan fingerprint density at radius 2 is 1.32 bits per heavy atom. The summed E-state index contributed by atoms with van der Waals surface area (Å²) in [5, 5.41) is 1.30. The minimum atomic E-state index is 0.209. The molecule has 3 heterocycles. The number of fused-ring (bicyclic) bond motifs is 3. The molecule has 0 amide bonds. The predicted molar refractivity (Wildman–Crippen MR) is 131 cm³/mol. The zero-order valence-electron chi connectivity index (χ0n) is 17.4. The fraction of sp³-hybridized carbons (Fsp3) is 0.296. The molecule has 3 aliphatic rings. The van der Waals surface area contributed by atoms with Gasteiger partial charge in [-0.3, -0.25) is 9.89 Å². The summed E-state index contributed by atoms with van der Waals surface area (Å²) >= 11 is 12.9. The first kappa shape index (κ1) is 20.8. The van der Waals surface area contributed by atoms with Gasteiger partial charge in [-0.25, -0.2) is 0 Å². The quantitative estimate of drug-likeness (QED) is 0.396. The first-order valence-corrected chi connectivity index (χ1v) is 11.8. The van der Waals surface area contributed by atoms with Crippen LogP contribution in [0.25, 0.3) is 0 Å². The van der Waals surface area contributed by atoms with Gasteiger partial charge in [0.25, 0.3) is 0 Å². The molecular weight excluding hydrogens is 423 g/mol. The zero-order valence-corrected chi connectivity index (χ0v) is 18.9. The molecule has 0 saturated carbocycles. The van der Waals surface area contributed by atoms with Crippen molar-refractivity contribution in [3.63, 3.8) is 0 Å².